The Labute approximate surface area is 230 Å². The van der Waals surface area contributed by atoms with E-state index in [1.807, 2.05) is 60.9 Å². The van der Waals surface area contributed by atoms with Crippen LogP contribution in [0.15, 0.2) is 109 Å². The molecule has 0 saturated carbocycles. The molecule has 0 spiro atoms. The summed E-state index contributed by atoms with van der Waals surface area (Å²) in [5, 5.41) is 12.2. The first-order valence-corrected chi connectivity index (χ1v) is 13.1. The van der Waals surface area contributed by atoms with E-state index in [0.29, 0.717) is 6.54 Å². The summed E-state index contributed by atoms with van der Waals surface area (Å²) in [6.07, 6.45) is 3.72. The van der Waals surface area contributed by atoms with Crippen molar-refractivity contribution in [2.75, 3.05) is 0 Å². The van der Waals surface area contributed by atoms with E-state index >= 15 is 0 Å². The minimum atomic E-state index is -0.250. The number of aromatic nitrogens is 5. The van der Waals surface area contributed by atoms with Gasteiger partial charge in [-0.2, -0.15) is 5.10 Å². The standard InChI is InChI=1S/C33H25FN6/c34-25-11-9-23(10-12-25)26-7-4-8-29-27(26)16-31(37-29)33-32-30(39-40-33)14-13-28(38-32)24-15-22(19-36-20-24)18-35-17-21-5-2-1-3-6-21/h1-16,19-20,35,37H,17-18H2,(H,39,40). The van der Waals surface area contributed by atoms with Crippen LogP contribution in [0.2, 0.25) is 0 Å². The van der Waals surface area contributed by atoms with Gasteiger partial charge in [0, 0.05) is 41.9 Å². The monoisotopic (exact) mass is 524 g/mol. The van der Waals surface area contributed by atoms with Gasteiger partial charge in [-0.05, 0) is 64.7 Å². The highest BCUT2D eigenvalue weighted by molar-refractivity contribution is 6.00. The second-order valence-corrected chi connectivity index (χ2v) is 9.79. The fourth-order valence-electron chi connectivity index (χ4n) is 5.08. The van der Waals surface area contributed by atoms with Gasteiger partial charge in [0.15, 0.2) is 0 Å². The third kappa shape index (κ3) is 4.63. The Morgan fingerprint density at radius 2 is 1.57 bits per heavy atom. The van der Waals surface area contributed by atoms with E-state index in [0.717, 1.165) is 67.8 Å². The summed E-state index contributed by atoms with van der Waals surface area (Å²) in [6.45, 7) is 1.50. The van der Waals surface area contributed by atoms with E-state index in [4.69, 9.17) is 4.98 Å². The van der Waals surface area contributed by atoms with Gasteiger partial charge in [0.25, 0.3) is 0 Å². The lowest BCUT2D eigenvalue weighted by Gasteiger charge is -2.07. The topological polar surface area (TPSA) is 82.3 Å². The largest absolute Gasteiger partial charge is 0.353 e. The van der Waals surface area contributed by atoms with Crippen molar-refractivity contribution in [3.63, 3.8) is 0 Å². The van der Waals surface area contributed by atoms with E-state index < -0.39 is 0 Å². The van der Waals surface area contributed by atoms with Crippen molar-refractivity contribution in [3.05, 3.63) is 126 Å². The van der Waals surface area contributed by atoms with Crippen LogP contribution in [0.5, 0.6) is 0 Å². The van der Waals surface area contributed by atoms with Gasteiger partial charge in [0.1, 0.15) is 17.0 Å². The van der Waals surface area contributed by atoms with Crippen molar-refractivity contribution in [2.45, 2.75) is 13.1 Å². The van der Waals surface area contributed by atoms with Gasteiger partial charge in [-0.25, -0.2) is 9.37 Å². The zero-order valence-electron chi connectivity index (χ0n) is 21.5. The quantitative estimate of drug-likeness (QED) is 0.205. The molecule has 3 N–H and O–H groups in total. The zero-order chi connectivity index (χ0) is 26.9. The average Bonchev–Trinajstić information content (AvgIpc) is 3.62. The van der Waals surface area contributed by atoms with Crippen LogP contribution in [0.25, 0.3) is 55.7 Å². The Bertz CT molecular complexity index is 1940. The number of halogens is 1. The number of H-pyrrole nitrogens is 2. The maximum Gasteiger partial charge on any atom is 0.135 e. The van der Waals surface area contributed by atoms with E-state index in [1.165, 1.54) is 17.7 Å². The van der Waals surface area contributed by atoms with E-state index in [2.05, 4.69) is 49.7 Å². The predicted molar refractivity (Wildman–Crippen MR) is 157 cm³/mol. The van der Waals surface area contributed by atoms with Crippen molar-refractivity contribution in [1.29, 1.82) is 0 Å². The number of benzene rings is 3. The molecule has 0 amide bonds. The van der Waals surface area contributed by atoms with Crippen molar-refractivity contribution in [1.82, 2.24) is 30.5 Å². The highest BCUT2D eigenvalue weighted by atomic mass is 19.1. The molecule has 4 heterocycles. The molecule has 194 valence electrons. The first-order chi connectivity index (χ1) is 19.7. The van der Waals surface area contributed by atoms with Crippen LogP contribution in [0, 0.1) is 5.82 Å². The Morgan fingerprint density at radius 1 is 0.725 bits per heavy atom. The van der Waals surface area contributed by atoms with Gasteiger partial charge in [-0.1, -0.05) is 54.6 Å². The van der Waals surface area contributed by atoms with Crippen LogP contribution < -0.4 is 5.32 Å². The summed E-state index contributed by atoms with van der Waals surface area (Å²) in [4.78, 5) is 13.0. The Kier molecular flexibility index (Phi) is 6.11. The lowest BCUT2D eigenvalue weighted by Crippen LogP contribution is -2.12. The minimum Gasteiger partial charge on any atom is -0.353 e. The predicted octanol–water partition coefficient (Wildman–Crippen LogP) is 7.26. The molecular formula is C33H25FN6. The molecule has 6 nitrogen and oxygen atoms in total. The second kappa shape index (κ2) is 10.2. The summed E-state index contributed by atoms with van der Waals surface area (Å²) < 4.78 is 13.5. The molecule has 0 aliphatic carbocycles. The van der Waals surface area contributed by atoms with Gasteiger partial charge in [-0.15, -0.1) is 0 Å². The highest BCUT2D eigenvalue weighted by Gasteiger charge is 2.15. The number of nitrogens with one attached hydrogen (secondary N) is 3. The fraction of sp³-hybridized carbons (Fsp3) is 0.0606. The van der Waals surface area contributed by atoms with E-state index in [1.54, 1.807) is 12.1 Å². The van der Waals surface area contributed by atoms with Crippen LogP contribution >= 0.6 is 0 Å². The Balaban J connectivity index is 1.20. The van der Waals surface area contributed by atoms with Gasteiger partial charge >= 0.3 is 0 Å². The van der Waals surface area contributed by atoms with Crippen LogP contribution in [0.3, 0.4) is 0 Å². The van der Waals surface area contributed by atoms with Crippen LogP contribution in [0.1, 0.15) is 11.1 Å². The number of fused-ring (bicyclic) bond motifs is 2. The molecule has 7 rings (SSSR count). The molecule has 0 bridgehead atoms. The van der Waals surface area contributed by atoms with Crippen LogP contribution in [-0.2, 0) is 13.1 Å². The Hall–Kier alpha value is -5.14. The zero-order valence-corrected chi connectivity index (χ0v) is 21.5. The summed E-state index contributed by atoms with van der Waals surface area (Å²) in [5.41, 5.74) is 10.3. The molecule has 0 fully saturated rings. The fourth-order valence-corrected chi connectivity index (χ4v) is 5.08. The molecule has 0 atom stereocenters. The molecule has 0 saturated heterocycles. The first-order valence-electron chi connectivity index (χ1n) is 13.1. The minimum absolute atomic E-state index is 0.250. The smallest absolute Gasteiger partial charge is 0.135 e. The van der Waals surface area contributed by atoms with E-state index in [9.17, 15) is 4.39 Å². The van der Waals surface area contributed by atoms with Gasteiger partial charge in [-0.3, -0.25) is 10.1 Å². The van der Waals surface area contributed by atoms with Crippen molar-refractivity contribution >= 4 is 21.9 Å². The normalized spacial score (nSPS) is 11.4. The Morgan fingerprint density at radius 3 is 2.45 bits per heavy atom. The van der Waals surface area contributed by atoms with Gasteiger partial charge in [0.2, 0.25) is 0 Å². The van der Waals surface area contributed by atoms with Crippen molar-refractivity contribution < 1.29 is 4.39 Å². The van der Waals surface area contributed by atoms with Gasteiger partial charge < -0.3 is 10.3 Å². The molecule has 0 radical (unpaired) electrons. The SMILES string of the molecule is Fc1ccc(-c2cccc3[nH]c(-c4n[nH]c5ccc(-c6cncc(CNCc7ccccc7)c6)nc45)cc23)cc1. The lowest BCUT2D eigenvalue weighted by atomic mass is 10.0. The summed E-state index contributed by atoms with van der Waals surface area (Å²) >= 11 is 0. The number of pyridine rings is 2. The molecule has 7 aromatic rings. The summed E-state index contributed by atoms with van der Waals surface area (Å²) in [7, 11) is 0. The molecule has 4 aromatic heterocycles. The maximum absolute atomic E-state index is 13.5. The number of hydrogen-bond acceptors (Lipinski definition) is 4. The van der Waals surface area contributed by atoms with E-state index in [-0.39, 0.29) is 5.82 Å². The molecule has 3 aromatic carbocycles. The lowest BCUT2D eigenvalue weighted by molar-refractivity contribution is 0.628. The number of rotatable bonds is 7. The van der Waals surface area contributed by atoms with Crippen molar-refractivity contribution in [2.24, 2.45) is 0 Å². The molecule has 40 heavy (non-hydrogen) atoms. The number of nitrogens with zero attached hydrogens (tertiary/aromatic N) is 3. The third-order valence-corrected chi connectivity index (χ3v) is 7.07. The number of aromatic amines is 2. The summed E-state index contributed by atoms with van der Waals surface area (Å²) in [5.74, 6) is -0.250. The molecule has 0 unspecified atom stereocenters. The summed E-state index contributed by atoms with van der Waals surface area (Å²) in [6, 6.07) is 31.2. The van der Waals surface area contributed by atoms with Crippen LogP contribution in [0.4, 0.5) is 4.39 Å². The average molecular weight is 525 g/mol. The molecular weight excluding hydrogens is 499 g/mol. The van der Waals surface area contributed by atoms with Gasteiger partial charge in [0.05, 0.1) is 16.9 Å². The van der Waals surface area contributed by atoms with Crippen molar-refractivity contribution in [3.8, 4) is 33.8 Å². The molecule has 7 heteroatoms. The van der Waals surface area contributed by atoms with Crippen LogP contribution in [-0.4, -0.2) is 25.1 Å². The molecule has 0 aliphatic heterocycles. The third-order valence-electron chi connectivity index (χ3n) is 7.07. The maximum atomic E-state index is 13.5. The molecule has 0 aliphatic rings. The number of hydrogen-bond donors (Lipinski definition) is 3. The highest BCUT2D eigenvalue weighted by Crippen LogP contribution is 2.34. The first kappa shape index (κ1) is 23.9. The second-order valence-electron chi connectivity index (χ2n) is 9.79.